The number of para-hydroxylation sites is 1. The minimum Gasteiger partial charge on any atom is -0.298 e. The molecule has 0 fully saturated rings. The van der Waals surface area contributed by atoms with Crippen LogP contribution in [0.4, 0.5) is 0 Å². The monoisotopic (exact) mass is 257 g/mol. The van der Waals surface area contributed by atoms with E-state index in [-0.39, 0.29) is 6.10 Å². The largest absolute Gasteiger partial charge is 0.339 e. The first-order valence-corrected chi connectivity index (χ1v) is 6.46. The number of benzene rings is 1. The van der Waals surface area contributed by atoms with Crippen LogP contribution < -0.4 is 0 Å². The predicted octanol–water partition coefficient (Wildman–Crippen LogP) is 3.11. The molecule has 1 unspecified atom stereocenters. The van der Waals surface area contributed by atoms with E-state index < -0.39 is 5.97 Å². The third-order valence-corrected chi connectivity index (χ3v) is 3.34. The van der Waals surface area contributed by atoms with E-state index in [1.807, 2.05) is 24.3 Å². The molecular weight excluding hydrogens is 242 g/mol. The number of fused-ring (bicyclic) bond motifs is 2. The Hall–Kier alpha value is -1.94. The Bertz CT molecular complexity index is 624. The summed E-state index contributed by atoms with van der Waals surface area (Å²) in [7, 11) is 0. The van der Waals surface area contributed by atoms with Gasteiger partial charge in [-0.2, -0.15) is 4.89 Å². The van der Waals surface area contributed by atoms with Crippen LogP contribution in [0, 0.1) is 0 Å². The van der Waals surface area contributed by atoms with Gasteiger partial charge in [-0.1, -0.05) is 18.2 Å². The molecule has 1 aromatic carbocycles. The molecule has 1 atom stereocenters. The number of nitrogens with zero attached hydrogens (tertiary/aromatic N) is 1. The van der Waals surface area contributed by atoms with Gasteiger partial charge in [-0.3, -0.25) is 9.87 Å². The quantitative estimate of drug-likeness (QED) is 0.612. The zero-order valence-electron chi connectivity index (χ0n) is 10.8. The van der Waals surface area contributed by atoms with Crippen LogP contribution in [0.3, 0.4) is 0 Å². The lowest BCUT2D eigenvalue weighted by atomic mass is 9.92. The van der Waals surface area contributed by atoms with Crippen LogP contribution in [-0.2, 0) is 21.0 Å². The van der Waals surface area contributed by atoms with E-state index in [0.29, 0.717) is 0 Å². The zero-order valence-corrected chi connectivity index (χ0v) is 10.8. The van der Waals surface area contributed by atoms with Crippen LogP contribution in [0.5, 0.6) is 0 Å². The molecule has 0 bridgehead atoms. The molecule has 2 aromatic rings. The fourth-order valence-corrected chi connectivity index (χ4v) is 2.49. The fraction of sp³-hybridized carbons (Fsp3) is 0.333. The fourth-order valence-electron chi connectivity index (χ4n) is 2.49. The van der Waals surface area contributed by atoms with Gasteiger partial charge in [0.15, 0.2) is 0 Å². The number of rotatable bonds is 2. The molecule has 1 aliphatic carbocycles. The lowest BCUT2D eigenvalue weighted by Gasteiger charge is -2.23. The highest BCUT2D eigenvalue weighted by atomic mass is 17.2. The molecular formula is C15H15NO3. The zero-order chi connectivity index (χ0) is 13.2. The summed E-state index contributed by atoms with van der Waals surface area (Å²) in [5.74, 6) is -0.430. The first-order chi connectivity index (χ1) is 9.24. The Balaban J connectivity index is 1.98. The molecule has 0 saturated carbocycles. The third kappa shape index (κ3) is 2.44. The van der Waals surface area contributed by atoms with Crippen molar-refractivity contribution >= 4 is 16.9 Å². The van der Waals surface area contributed by atoms with Crippen LogP contribution in [0.15, 0.2) is 30.3 Å². The standard InChI is InChI=1S/C15H15NO3/c1-10(17)18-19-15-8-4-7-14-12(15)9-11-5-2-3-6-13(11)16-14/h2-3,5-6,9,15H,4,7-8H2,1H3. The van der Waals surface area contributed by atoms with E-state index in [4.69, 9.17) is 4.89 Å². The van der Waals surface area contributed by atoms with Gasteiger partial charge in [-0.25, -0.2) is 4.79 Å². The van der Waals surface area contributed by atoms with E-state index in [0.717, 1.165) is 41.4 Å². The molecule has 1 heterocycles. The first-order valence-electron chi connectivity index (χ1n) is 6.46. The molecule has 98 valence electrons. The molecule has 0 amide bonds. The number of carbonyl (C=O) groups is 1. The normalized spacial score (nSPS) is 18.1. The Kier molecular flexibility index (Phi) is 3.17. The van der Waals surface area contributed by atoms with Crippen molar-refractivity contribution in [2.45, 2.75) is 32.3 Å². The summed E-state index contributed by atoms with van der Waals surface area (Å²) >= 11 is 0. The summed E-state index contributed by atoms with van der Waals surface area (Å²) in [5.41, 5.74) is 3.07. The minimum atomic E-state index is -0.430. The second-order valence-corrected chi connectivity index (χ2v) is 4.77. The highest BCUT2D eigenvalue weighted by molar-refractivity contribution is 5.79. The van der Waals surface area contributed by atoms with Crippen LogP contribution in [-0.4, -0.2) is 11.0 Å². The van der Waals surface area contributed by atoms with Gasteiger partial charge < -0.3 is 0 Å². The van der Waals surface area contributed by atoms with E-state index in [1.165, 1.54) is 6.92 Å². The number of pyridine rings is 1. The van der Waals surface area contributed by atoms with Gasteiger partial charge in [0.2, 0.25) is 0 Å². The van der Waals surface area contributed by atoms with Crippen molar-refractivity contribution < 1.29 is 14.6 Å². The predicted molar refractivity (Wildman–Crippen MR) is 70.3 cm³/mol. The molecule has 4 heteroatoms. The van der Waals surface area contributed by atoms with Gasteiger partial charge in [-0.05, 0) is 31.4 Å². The average molecular weight is 257 g/mol. The molecule has 1 aliphatic rings. The van der Waals surface area contributed by atoms with E-state index >= 15 is 0 Å². The summed E-state index contributed by atoms with van der Waals surface area (Å²) in [6.07, 6.45) is 2.58. The Labute approximate surface area is 111 Å². The average Bonchev–Trinajstić information content (AvgIpc) is 2.42. The van der Waals surface area contributed by atoms with Gasteiger partial charge in [0.1, 0.15) is 6.10 Å². The Morgan fingerprint density at radius 1 is 1.37 bits per heavy atom. The third-order valence-electron chi connectivity index (χ3n) is 3.34. The van der Waals surface area contributed by atoms with Crippen molar-refractivity contribution in [3.05, 3.63) is 41.6 Å². The molecule has 19 heavy (non-hydrogen) atoms. The SMILES string of the molecule is CC(=O)OOC1CCCc2nc3ccccc3cc21. The number of carbonyl (C=O) groups excluding carboxylic acids is 1. The molecule has 3 rings (SSSR count). The highest BCUT2D eigenvalue weighted by Gasteiger charge is 2.24. The van der Waals surface area contributed by atoms with Crippen LogP contribution in [0.2, 0.25) is 0 Å². The van der Waals surface area contributed by atoms with E-state index in [9.17, 15) is 4.79 Å². The van der Waals surface area contributed by atoms with Gasteiger partial charge in [0, 0.05) is 23.6 Å². The summed E-state index contributed by atoms with van der Waals surface area (Å²) in [6, 6.07) is 10.1. The molecule has 0 radical (unpaired) electrons. The summed E-state index contributed by atoms with van der Waals surface area (Å²) in [5, 5.41) is 1.08. The van der Waals surface area contributed by atoms with Gasteiger partial charge in [0.05, 0.1) is 5.52 Å². The number of aryl methyl sites for hydroxylation is 1. The van der Waals surface area contributed by atoms with Gasteiger partial charge in [-0.15, -0.1) is 0 Å². The number of aromatic nitrogens is 1. The van der Waals surface area contributed by atoms with Crippen molar-refractivity contribution in [1.29, 1.82) is 0 Å². The molecule has 0 saturated heterocycles. The van der Waals surface area contributed by atoms with E-state index in [2.05, 4.69) is 15.9 Å². The first kappa shape index (κ1) is 12.1. The van der Waals surface area contributed by atoms with Crippen molar-refractivity contribution in [1.82, 2.24) is 4.98 Å². The maximum absolute atomic E-state index is 10.8. The van der Waals surface area contributed by atoms with Crippen molar-refractivity contribution in [2.75, 3.05) is 0 Å². The van der Waals surface area contributed by atoms with Crippen molar-refractivity contribution in [3.8, 4) is 0 Å². The summed E-state index contributed by atoms with van der Waals surface area (Å²) in [4.78, 5) is 25.4. The lowest BCUT2D eigenvalue weighted by molar-refractivity contribution is -0.301. The highest BCUT2D eigenvalue weighted by Crippen LogP contribution is 2.33. The van der Waals surface area contributed by atoms with Gasteiger partial charge >= 0.3 is 5.97 Å². The van der Waals surface area contributed by atoms with Crippen LogP contribution in [0.1, 0.15) is 37.1 Å². The molecule has 0 spiro atoms. The maximum Gasteiger partial charge on any atom is 0.339 e. The topological polar surface area (TPSA) is 48.4 Å². The second kappa shape index (κ2) is 4.97. The molecule has 1 aromatic heterocycles. The van der Waals surface area contributed by atoms with Crippen molar-refractivity contribution in [3.63, 3.8) is 0 Å². The molecule has 0 N–H and O–H groups in total. The second-order valence-electron chi connectivity index (χ2n) is 4.77. The Morgan fingerprint density at radius 3 is 3.05 bits per heavy atom. The minimum absolute atomic E-state index is 0.204. The number of hydrogen-bond donors (Lipinski definition) is 0. The molecule has 0 aliphatic heterocycles. The number of hydrogen-bond acceptors (Lipinski definition) is 4. The Morgan fingerprint density at radius 2 is 2.21 bits per heavy atom. The lowest BCUT2D eigenvalue weighted by Crippen LogP contribution is -2.16. The molecule has 4 nitrogen and oxygen atoms in total. The smallest absolute Gasteiger partial charge is 0.298 e. The van der Waals surface area contributed by atoms with Crippen LogP contribution >= 0.6 is 0 Å². The summed E-state index contributed by atoms with van der Waals surface area (Å²) in [6.45, 7) is 1.34. The van der Waals surface area contributed by atoms with Crippen molar-refractivity contribution in [2.24, 2.45) is 0 Å². The summed E-state index contributed by atoms with van der Waals surface area (Å²) < 4.78 is 0. The van der Waals surface area contributed by atoms with Crippen LogP contribution in [0.25, 0.3) is 10.9 Å². The van der Waals surface area contributed by atoms with Gasteiger partial charge in [0.25, 0.3) is 0 Å². The maximum atomic E-state index is 10.8. The van der Waals surface area contributed by atoms with E-state index in [1.54, 1.807) is 0 Å².